The normalized spacial score (nSPS) is 34.5. The Morgan fingerprint density at radius 1 is 1.18 bits per heavy atom. The summed E-state index contributed by atoms with van der Waals surface area (Å²) in [6.07, 6.45) is 2.96. The summed E-state index contributed by atoms with van der Waals surface area (Å²) >= 11 is 0. The van der Waals surface area contributed by atoms with Crippen LogP contribution in [-0.4, -0.2) is 74.7 Å². The third-order valence-electron chi connectivity index (χ3n) is 5.46. The van der Waals surface area contributed by atoms with Crippen molar-refractivity contribution in [3.05, 3.63) is 0 Å². The first-order chi connectivity index (χ1) is 10.6. The number of piperidine rings is 1. The van der Waals surface area contributed by atoms with Gasteiger partial charge in [0.2, 0.25) is 11.8 Å². The largest absolute Gasteiger partial charge is 0.383 e. The molecule has 0 aromatic rings. The fourth-order valence-electron chi connectivity index (χ4n) is 4.35. The van der Waals surface area contributed by atoms with Gasteiger partial charge in [0.25, 0.3) is 0 Å². The van der Waals surface area contributed by atoms with Gasteiger partial charge in [-0.3, -0.25) is 9.59 Å². The topological polar surface area (TPSA) is 59.1 Å². The van der Waals surface area contributed by atoms with Crippen LogP contribution in [0, 0.1) is 17.8 Å². The quantitative estimate of drug-likeness (QED) is 0.736. The molecule has 2 bridgehead atoms. The van der Waals surface area contributed by atoms with E-state index < -0.39 is 0 Å². The van der Waals surface area contributed by atoms with Crippen molar-refractivity contribution in [1.29, 1.82) is 0 Å². The minimum Gasteiger partial charge on any atom is -0.383 e. The number of fused-ring (bicyclic) bond motifs is 2. The van der Waals surface area contributed by atoms with Gasteiger partial charge in [0.05, 0.1) is 18.6 Å². The molecule has 1 aliphatic carbocycles. The Kier molecular flexibility index (Phi) is 4.68. The van der Waals surface area contributed by atoms with Crippen LogP contribution in [0.15, 0.2) is 0 Å². The van der Waals surface area contributed by atoms with Crippen molar-refractivity contribution in [1.82, 2.24) is 9.80 Å². The van der Waals surface area contributed by atoms with Gasteiger partial charge in [-0.25, -0.2) is 0 Å². The van der Waals surface area contributed by atoms with Gasteiger partial charge in [0.1, 0.15) is 0 Å². The fourth-order valence-corrected chi connectivity index (χ4v) is 4.35. The highest BCUT2D eigenvalue weighted by molar-refractivity contribution is 5.89. The number of carbonyl (C=O) groups is 2. The van der Waals surface area contributed by atoms with Crippen LogP contribution in [-0.2, 0) is 19.1 Å². The molecule has 22 heavy (non-hydrogen) atoms. The molecule has 6 nitrogen and oxygen atoms in total. The summed E-state index contributed by atoms with van der Waals surface area (Å²) in [5.74, 6) is 0.983. The van der Waals surface area contributed by atoms with Crippen molar-refractivity contribution in [2.24, 2.45) is 17.8 Å². The average Bonchev–Trinajstić information content (AvgIpc) is 3.00. The van der Waals surface area contributed by atoms with Crippen molar-refractivity contribution in [3.8, 4) is 0 Å². The van der Waals surface area contributed by atoms with E-state index in [1.807, 2.05) is 4.90 Å². The van der Waals surface area contributed by atoms with Gasteiger partial charge in [0, 0.05) is 58.7 Å². The molecule has 124 valence electrons. The first-order valence-electron chi connectivity index (χ1n) is 8.22. The number of ether oxygens (including phenoxy) is 2. The molecule has 6 heteroatoms. The smallest absolute Gasteiger partial charge is 0.228 e. The highest BCUT2D eigenvalue weighted by Crippen LogP contribution is 2.39. The number of carbonyl (C=O) groups excluding carboxylic acids is 2. The van der Waals surface area contributed by atoms with Crippen molar-refractivity contribution in [2.45, 2.75) is 25.4 Å². The maximum absolute atomic E-state index is 12.8. The van der Waals surface area contributed by atoms with E-state index >= 15 is 0 Å². The highest BCUT2D eigenvalue weighted by atomic mass is 16.5. The van der Waals surface area contributed by atoms with E-state index in [1.54, 1.807) is 19.1 Å². The molecule has 0 spiro atoms. The summed E-state index contributed by atoms with van der Waals surface area (Å²) in [7, 11) is 3.40. The van der Waals surface area contributed by atoms with E-state index in [9.17, 15) is 9.59 Å². The summed E-state index contributed by atoms with van der Waals surface area (Å²) < 4.78 is 10.6. The van der Waals surface area contributed by atoms with Crippen molar-refractivity contribution < 1.29 is 19.1 Å². The van der Waals surface area contributed by atoms with Gasteiger partial charge >= 0.3 is 0 Å². The first-order valence-corrected chi connectivity index (χ1v) is 8.22. The molecule has 0 aromatic heterocycles. The molecule has 2 aliphatic heterocycles. The Bertz CT molecular complexity index is 428. The summed E-state index contributed by atoms with van der Waals surface area (Å²) in [6.45, 7) is 3.22. The molecule has 0 N–H and O–H groups in total. The second kappa shape index (κ2) is 6.54. The second-order valence-corrected chi connectivity index (χ2v) is 6.77. The summed E-state index contributed by atoms with van der Waals surface area (Å²) in [5, 5.41) is 0. The van der Waals surface area contributed by atoms with E-state index in [2.05, 4.69) is 0 Å². The summed E-state index contributed by atoms with van der Waals surface area (Å²) in [5.41, 5.74) is 0. The SMILES string of the molecule is COCCN1CC(C(=O)N2C[C@H]3CC[C@@H](C2)C3OC)CC1=O. The lowest BCUT2D eigenvalue weighted by atomic mass is 9.93. The third kappa shape index (κ3) is 2.86. The molecule has 0 radical (unpaired) electrons. The van der Waals surface area contributed by atoms with Crippen LogP contribution in [0.2, 0.25) is 0 Å². The molecule has 3 aliphatic rings. The first kappa shape index (κ1) is 15.7. The van der Waals surface area contributed by atoms with Crippen LogP contribution in [0.4, 0.5) is 0 Å². The average molecular weight is 310 g/mol. The Labute approximate surface area is 131 Å². The van der Waals surface area contributed by atoms with E-state index in [0.717, 1.165) is 25.9 Å². The molecule has 3 rings (SSSR count). The van der Waals surface area contributed by atoms with Crippen molar-refractivity contribution >= 4 is 11.8 Å². The van der Waals surface area contributed by atoms with Crippen molar-refractivity contribution in [2.75, 3.05) is 47.0 Å². The predicted molar refractivity (Wildman–Crippen MR) is 80.2 cm³/mol. The molecular formula is C16H26N2O4. The number of rotatable bonds is 5. The molecule has 2 amide bonds. The number of amides is 2. The minimum atomic E-state index is -0.178. The number of nitrogens with zero attached hydrogens (tertiary/aromatic N) is 2. The van der Waals surface area contributed by atoms with Gasteiger partial charge in [-0.2, -0.15) is 0 Å². The number of hydrogen-bond donors (Lipinski definition) is 0. The van der Waals surface area contributed by atoms with E-state index in [1.165, 1.54) is 0 Å². The van der Waals surface area contributed by atoms with E-state index in [0.29, 0.717) is 44.1 Å². The Morgan fingerprint density at radius 2 is 1.86 bits per heavy atom. The van der Waals surface area contributed by atoms with Gasteiger partial charge in [-0.05, 0) is 12.8 Å². The van der Waals surface area contributed by atoms with Crippen LogP contribution in [0.1, 0.15) is 19.3 Å². The van der Waals surface area contributed by atoms with Crippen LogP contribution in [0.25, 0.3) is 0 Å². The Hall–Kier alpha value is -1.14. The van der Waals surface area contributed by atoms with Gasteiger partial charge < -0.3 is 19.3 Å². The van der Waals surface area contributed by atoms with Crippen LogP contribution >= 0.6 is 0 Å². The Balaban J connectivity index is 1.58. The molecule has 4 atom stereocenters. The molecule has 1 saturated carbocycles. The van der Waals surface area contributed by atoms with Crippen LogP contribution in [0.3, 0.4) is 0 Å². The number of hydrogen-bond acceptors (Lipinski definition) is 4. The molecule has 0 aromatic carbocycles. The highest BCUT2D eigenvalue weighted by Gasteiger charge is 2.45. The lowest BCUT2D eigenvalue weighted by Gasteiger charge is -2.38. The zero-order valence-electron chi connectivity index (χ0n) is 13.5. The summed E-state index contributed by atoms with van der Waals surface area (Å²) in [4.78, 5) is 28.5. The number of methoxy groups -OCH3 is 2. The predicted octanol–water partition coefficient (Wildman–Crippen LogP) is 0.365. The molecule has 2 heterocycles. The molecule has 3 fully saturated rings. The fraction of sp³-hybridized carbons (Fsp3) is 0.875. The van der Waals surface area contributed by atoms with Crippen molar-refractivity contribution in [3.63, 3.8) is 0 Å². The molecule has 2 saturated heterocycles. The maximum Gasteiger partial charge on any atom is 0.228 e. The number of likely N-dealkylation sites (tertiary alicyclic amines) is 2. The zero-order chi connectivity index (χ0) is 15.7. The van der Waals surface area contributed by atoms with E-state index in [4.69, 9.17) is 9.47 Å². The standard InChI is InChI=1S/C16H26N2O4/c1-21-6-5-17-10-13(7-14(17)19)16(20)18-8-11-3-4-12(9-18)15(11)22-2/h11-13,15H,3-10H2,1-2H3/t11-,12+,13?,15?. The van der Waals surface area contributed by atoms with Crippen LogP contribution in [0.5, 0.6) is 0 Å². The van der Waals surface area contributed by atoms with E-state index in [-0.39, 0.29) is 17.7 Å². The second-order valence-electron chi connectivity index (χ2n) is 6.77. The van der Waals surface area contributed by atoms with Gasteiger partial charge in [-0.1, -0.05) is 0 Å². The lowest BCUT2D eigenvalue weighted by molar-refractivity contribution is -0.140. The molecule has 2 unspecified atom stereocenters. The third-order valence-corrected chi connectivity index (χ3v) is 5.46. The van der Waals surface area contributed by atoms with Gasteiger partial charge in [0.15, 0.2) is 0 Å². The maximum atomic E-state index is 12.8. The Morgan fingerprint density at radius 3 is 2.45 bits per heavy atom. The van der Waals surface area contributed by atoms with Gasteiger partial charge in [-0.15, -0.1) is 0 Å². The monoisotopic (exact) mass is 310 g/mol. The minimum absolute atomic E-state index is 0.0742. The molecular weight excluding hydrogens is 284 g/mol. The zero-order valence-corrected chi connectivity index (χ0v) is 13.5. The summed E-state index contributed by atoms with van der Waals surface area (Å²) in [6, 6.07) is 0. The van der Waals surface area contributed by atoms with Crippen LogP contribution < -0.4 is 0 Å². The lowest BCUT2D eigenvalue weighted by Crippen LogP contribution is -2.50.